The molecule has 0 saturated heterocycles. The molecule has 1 aliphatic rings. The quantitative estimate of drug-likeness (QED) is 0.895. The maximum absolute atomic E-state index is 12.0. The van der Waals surface area contributed by atoms with Crippen molar-refractivity contribution >= 4 is 11.6 Å². The molecule has 2 heterocycles. The van der Waals surface area contributed by atoms with Gasteiger partial charge in [0.25, 0.3) is 0 Å². The van der Waals surface area contributed by atoms with Gasteiger partial charge >= 0.3 is 0 Å². The number of pyridine rings is 1. The number of carbonyl (C=O) groups excluding carboxylic acids is 1. The van der Waals surface area contributed by atoms with Crippen LogP contribution in [0.4, 0.5) is 5.69 Å². The van der Waals surface area contributed by atoms with Crippen LogP contribution in [0.15, 0.2) is 37.1 Å². The van der Waals surface area contributed by atoms with Crippen LogP contribution < -0.4 is 11.1 Å². The monoisotopic (exact) mass is 285 g/mol. The Morgan fingerprint density at radius 1 is 1.43 bits per heavy atom. The van der Waals surface area contributed by atoms with Crippen LogP contribution in [0.5, 0.6) is 0 Å². The number of carbonyl (C=O) groups is 1. The zero-order valence-corrected chi connectivity index (χ0v) is 11.8. The number of amides is 1. The Hall–Kier alpha value is -2.21. The Bertz CT molecular complexity index is 593. The summed E-state index contributed by atoms with van der Waals surface area (Å²) in [5, 5.41) is 2.88. The lowest BCUT2D eigenvalue weighted by atomic mass is 10.00. The molecule has 0 bridgehead atoms. The van der Waals surface area contributed by atoms with E-state index in [9.17, 15) is 4.79 Å². The largest absolute Gasteiger partial charge is 0.327 e. The summed E-state index contributed by atoms with van der Waals surface area (Å²) in [5.74, 6) is 1.08. The van der Waals surface area contributed by atoms with E-state index in [1.165, 1.54) is 0 Å². The molecular formula is C15H19N5O. The lowest BCUT2D eigenvalue weighted by molar-refractivity contribution is -0.117. The van der Waals surface area contributed by atoms with E-state index in [-0.39, 0.29) is 11.9 Å². The van der Waals surface area contributed by atoms with Crippen LogP contribution in [-0.2, 0) is 4.79 Å². The highest BCUT2D eigenvalue weighted by Crippen LogP contribution is 2.27. The van der Waals surface area contributed by atoms with Crippen molar-refractivity contribution < 1.29 is 4.79 Å². The third kappa shape index (κ3) is 3.28. The molecule has 2 aromatic rings. The maximum Gasteiger partial charge on any atom is 0.224 e. The molecule has 0 spiro atoms. The molecular weight excluding hydrogens is 266 g/mol. The second kappa shape index (κ2) is 6.05. The molecule has 0 radical (unpaired) electrons. The van der Waals surface area contributed by atoms with E-state index in [2.05, 4.69) is 15.3 Å². The molecule has 2 atom stereocenters. The predicted molar refractivity (Wildman–Crippen MR) is 79.9 cm³/mol. The van der Waals surface area contributed by atoms with Gasteiger partial charge in [0.2, 0.25) is 5.91 Å². The summed E-state index contributed by atoms with van der Waals surface area (Å²) in [6, 6.07) is 3.85. The second-order valence-corrected chi connectivity index (χ2v) is 5.48. The molecule has 1 amide bonds. The maximum atomic E-state index is 12.0. The standard InChI is InChI=1S/C15H19N5O/c16-13-3-1-2-11(13)8-15(21)19-12-4-5-14(18-9-12)20-7-6-17-10-20/h4-7,9-11,13H,1-3,8,16H2,(H,19,21)/t11-,13+/m0/s1. The molecule has 0 aromatic carbocycles. The highest BCUT2D eigenvalue weighted by atomic mass is 16.1. The summed E-state index contributed by atoms with van der Waals surface area (Å²) >= 11 is 0. The first-order valence-electron chi connectivity index (χ1n) is 7.22. The first-order chi connectivity index (χ1) is 10.2. The van der Waals surface area contributed by atoms with Crippen LogP contribution in [-0.4, -0.2) is 26.5 Å². The number of anilines is 1. The van der Waals surface area contributed by atoms with Crippen molar-refractivity contribution in [3.63, 3.8) is 0 Å². The van der Waals surface area contributed by atoms with Crippen LogP contribution in [0, 0.1) is 5.92 Å². The summed E-state index contributed by atoms with van der Waals surface area (Å²) < 4.78 is 1.81. The van der Waals surface area contributed by atoms with Crippen molar-refractivity contribution in [2.45, 2.75) is 31.7 Å². The number of aromatic nitrogens is 3. The van der Waals surface area contributed by atoms with Gasteiger partial charge < -0.3 is 11.1 Å². The summed E-state index contributed by atoms with van der Waals surface area (Å²) in [6.45, 7) is 0. The third-order valence-corrected chi connectivity index (χ3v) is 3.97. The number of nitrogens with one attached hydrogen (secondary N) is 1. The van der Waals surface area contributed by atoms with Gasteiger partial charge in [-0.1, -0.05) is 6.42 Å². The molecule has 1 aliphatic carbocycles. The summed E-state index contributed by atoms with van der Waals surface area (Å²) in [4.78, 5) is 20.3. The van der Waals surface area contributed by atoms with Crippen LogP contribution >= 0.6 is 0 Å². The summed E-state index contributed by atoms with van der Waals surface area (Å²) in [6.07, 6.45) is 10.5. The molecule has 0 unspecified atom stereocenters. The van der Waals surface area contributed by atoms with Crippen molar-refractivity contribution in [2.24, 2.45) is 11.7 Å². The van der Waals surface area contributed by atoms with E-state index in [1.54, 1.807) is 18.7 Å². The number of hydrogen-bond acceptors (Lipinski definition) is 4. The van der Waals surface area contributed by atoms with Gasteiger partial charge in [0.05, 0.1) is 11.9 Å². The van der Waals surface area contributed by atoms with Crippen LogP contribution in [0.2, 0.25) is 0 Å². The van der Waals surface area contributed by atoms with Gasteiger partial charge in [0, 0.05) is 24.9 Å². The van der Waals surface area contributed by atoms with Crippen molar-refractivity contribution in [1.82, 2.24) is 14.5 Å². The van der Waals surface area contributed by atoms with Crippen molar-refractivity contribution in [1.29, 1.82) is 0 Å². The van der Waals surface area contributed by atoms with Gasteiger partial charge in [-0.25, -0.2) is 9.97 Å². The fourth-order valence-electron chi connectivity index (χ4n) is 2.78. The number of imidazole rings is 1. The molecule has 3 rings (SSSR count). The molecule has 3 N–H and O–H groups in total. The van der Waals surface area contributed by atoms with Gasteiger partial charge in [-0.2, -0.15) is 0 Å². The van der Waals surface area contributed by atoms with E-state index in [1.807, 2.05) is 22.9 Å². The molecule has 2 aromatic heterocycles. The van der Waals surface area contributed by atoms with E-state index < -0.39 is 0 Å². The normalized spacial score (nSPS) is 21.4. The topological polar surface area (TPSA) is 85.8 Å². The average Bonchev–Trinajstić information content (AvgIpc) is 3.12. The first kappa shape index (κ1) is 13.8. The number of nitrogens with two attached hydrogens (primary N) is 1. The van der Waals surface area contributed by atoms with Crippen LogP contribution in [0.25, 0.3) is 5.82 Å². The Kier molecular flexibility index (Phi) is 3.96. The Morgan fingerprint density at radius 3 is 2.95 bits per heavy atom. The van der Waals surface area contributed by atoms with E-state index >= 15 is 0 Å². The highest BCUT2D eigenvalue weighted by molar-refractivity contribution is 5.90. The van der Waals surface area contributed by atoms with Crippen LogP contribution in [0.3, 0.4) is 0 Å². The fraction of sp³-hybridized carbons (Fsp3) is 0.400. The lowest BCUT2D eigenvalue weighted by Crippen LogP contribution is -2.28. The molecule has 110 valence electrons. The molecule has 1 saturated carbocycles. The van der Waals surface area contributed by atoms with Gasteiger partial charge in [-0.15, -0.1) is 0 Å². The molecule has 1 fully saturated rings. The number of nitrogens with zero attached hydrogens (tertiary/aromatic N) is 3. The minimum absolute atomic E-state index is 0.00882. The van der Waals surface area contributed by atoms with Crippen molar-refractivity contribution in [3.05, 3.63) is 37.1 Å². The molecule has 21 heavy (non-hydrogen) atoms. The molecule has 6 nitrogen and oxygen atoms in total. The summed E-state index contributed by atoms with van der Waals surface area (Å²) in [7, 11) is 0. The molecule has 6 heteroatoms. The zero-order chi connectivity index (χ0) is 14.7. The minimum atomic E-state index is 0.00882. The predicted octanol–water partition coefficient (Wildman–Crippen LogP) is 1.72. The van der Waals surface area contributed by atoms with Gasteiger partial charge in [0.1, 0.15) is 12.1 Å². The van der Waals surface area contributed by atoms with Crippen molar-refractivity contribution in [3.8, 4) is 5.82 Å². The van der Waals surface area contributed by atoms with Gasteiger partial charge in [-0.3, -0.25) is 9.36 Å². The second-order valence-electron chi connectivity index (χ2n) is 5.48. The SMILES string of the molecule is N[C@@H]1CCC[C@H]1CC(=O)Nc1ccc(-n2ccnc2)nc1. The lowest BCUT2D eigenvalue weighted by Gasteiger charge is -2.14. The number of rotatable bonds is 4. The van der Waals surface area contributed by atoms with Crippen LogP contribution in [0.1, 0.15) is 25.7 Å². The minimum Gasteiger partial charge on any atom is -0.327 e. The average molecular weight is 285 g/mol. The Balaban J connectivity index is 1.58. The fourth-order valence-corrected chi connectivity index (χ4v) is 2.78. The smallest absolute Gasteiger partial charge is 0.224 e. The van der Waals surface area contributed by atoms with E-state index in [0.29, 0.717) is 18.0 Å². The Morgan fingerprint density at radius 2 is 2.33 bits per heavy atom. The number of hydrogen-bond donors (Lipinski definition) is 2. The Labute approximate surface area is 123 Å². The van der Waals surface area contributed by atoms with Gasteiger partial charge in [-0.05, 0) is 30.9 Å². The van der Waals surface area contributed by atoms with E-state index in [4.69, 9.17) is 5.73 Å². The summed E-state index contributed by atoms with van der Waals surface area (Å²) in [5.41, 5.74) is 6.70. The first-order valence-corrected chi connectivity index (χ1v) is 7.22. The third-order valence-electron chi connectivity index (χ3n) is 3.97. The molecule has 0 aliphatic heterocycles. The van der Waals surface area contributed by atoms with Gasteiger partial charge in [0.15, 0.2) is 0 Å². The van der Waals surface area contributed by atoms with Crippen molar-refractivity contribution in [2.75, 3.05) is 5.32 Å². The highest BCUT2D eigenvalue weighted by Gasteiger charge is 2.25. The zero-order valence-electron chi connectivity index (χ0n) is 11.8. The van der Waals surface area contributed by atoms with E-state index in [0.717, 1.165) is 25.1 Å².